The Morgan fingerprint density at radius 1 is 1.53 bits per heavy atom. The molecule has 0 saturated heterocycles. The smallest absolute Gasteiger partial charge is 0.199 e. The third kappa shape index (κ3) is 2.40. The number of aryl methyl sites for hydroxylation is 1. The molecular weight excluding hydrogens is 261 g/mol. The highest BCUT2D eigenvalue weighted by molar-refractivity contribution is 7.71. The Bertz CT molecular complexity index is 591. The highest BCUT2D eigenvalue weighted by atomic mass is 35.5. The van der Waals surface area contributed by atoms with Gasteiger partial charge < -0.3 is 0 Å². The van der Waals surface area contributed by atoms with Crippen molar-refractivity contribution in [2.75, 3.05) is 0 Å². The lowest BCUT2D eigenvalue weighted by Gasteiger charge is -2.07. The minimum atomic E-state index is -0.371. The van der Waals surface area contributed by atoms with Crippen LogP contribution >= 0.6 is 23.8 Å². The molecular formula is C11H11ClFN3S. The van der Waals surface area contributed by atoms with Crippen LogP contribution < -0.4 is 0 Å². The summed E-state index contributed by atoms with van der Waals surface area (Å²) in [5.41, 5.74) is 0.333. The summed E-state index contributed by atoms with van der Waals surface area (Å²) in [6, 6.07) is 4.37. The SMILES string of the molecule is CCCc1n[nH]c(=S)n1-c1cc(Cl)ccc1F. The zero-order valence-corrected chi connectivity index (χ0v) is 10.8. The molecule has 0 bridgehead atoms. The van der Waals surface area contributed by atoms with Crippen molar-refractivity contribution in [3.63, 3.8) is 0 Å². The molecule has 1 heterocycles. The van der Waals surface area contributed by atoms with Crippen molar-refractivity contribution in [2.45, 2.75) is 19.8 Å². The van der Waals surface area contributed by atoms with E-state index in [9.17, 15) is 4.39 Å². The molecule has 2 rings (SSSR count). The molecule has 90 valence electrons. The van der Waals surface area contributed by atoms with Crippen molar-refractivity contribution in [2.24, 2.45) is 0 Å². The molecule has 6 heteroatoms. The summed E-state index contributed by atoms with van der Waals surface area (Å²) in [4.78, 5) is 0. The fourth-order valence-corrected chi connectivity index (χ4v) is 2.04. The van der Waals surface area contributed by atoms with Gasteiger partial charge in [0, 0.05) is 11.4 Å². The molecule has 0 amide bonds. The minimum absolute atomic E-state index is 0.333. The van der Waals surface area contributed by atoms with Crippen molar-refractivity contribution >= 4 is 23.8 Å². The van der Waals surface area contributed by atoms with Gasteiger partial charge in [-0.05, 0) is 36.8 Å². The number of nitrogens with one attached hydrogen (secondary N) is 1. The summed E-state index contributed by atoms with van der Waals surface area (Å²) in [5.74, 6) is 0.336. The molecule has 0 aliphatic heterocycles. The monoisotopic (exact) mass is 271 g/mol. The number of rotatable bonds is 3. The summed E-state index contributed by atoms with van der Waals surface area (Å²) in [7, 11) is 0. The molecule has 0 aliphatic rings. The Labute approximate surface area is 108 Å². The van der Waals surface area contributed by atoms with Crippen LogP contribution in [0.5, 0.6) is 0 Å². The van der Waals surface area contributed by atoms with Gasteiger partial charge in [0.05, 0.1) is 5.69 Å². The maximum Gasteiger partial charge on any atom is 0.199 e. The van der Waals surface area contributed by atoms with Crippen LogP contribution in [0.3, 0.4) is 0 Å². The average Bonchev–Trinajstić information content (AvgIpc) is 2.64. The average molecular weight is 272 g/mol. The van der Waals surface area contributed by atoms with Crippen molar-refractivity contribution in [1.82, 2.24) is 14.8 Å². The van der Waals surface area contributed by atoms with Gasteiger partial charge in [0.1, 0.15) is 11.6 Å². The van der Waals surface area contributed by atoms with Crippen molar-refractivity contribution < 1.29 is 4.39 Å². The van der Waals surface area contributed by atoms with Crippen molar-refractivity contribution in [3.05, 3.63) is 39.6 Å². The molecule has 0 unspecified atom stereocenters. The molecule has 3 nitrogen and oxygen atoms in total. The maximum absolute atomic E-state index is 13.8. The molecule has 0 aliphatic carbocycles. The number of hydrogen-bond acceptors (Lipinski definition) is 2. The van der Waals surface area contributed by atoms with E-state index in [1.165, 1.54) is 12.1 Å². The first-order valence-electron chi connectivity index (χ1n) is 5.25. The number of benzene rings is 1. The van der Waals surface area contributed by atoms with E-state index in [-0.39, 0.29) is 5.82 Å². The van der Waals surface area contributed by atoms with Gasteiger partial charge in [0.25, 0.3) is 0 Å². The number of nitrogens with zero attached hydrogens (tertiary/aromatic N) is 2. The molecule has 1 aromatic carbocycles. The Morgan fingerprint density at radius 3 is 3.00 bits per heavy atom. The van der Waals surface area contributed by atoms with Gasteiger partial charge in [-0.2, -0.15) is 5.10 Å². The third-order valence-corrected chi connectivity index (χ3v) is 2.87. The van der Waals surface area contributed by atoms with E-state index >= 15 is 0 Å². The number of H-pyrrole nitrogens is 1. The number of aromatic amines is 1. The first-order chi connectivity index (χ1) is 8.13. The van der Waals surface area contributed by atoms with Crippen LogP contribution in [0.25, 0.3) is 5.69 Å². The summed E-state index contributed by atoms with van der Waals surface area (Å²) in [5, 5.41) is 7.23. The van der Waals surface area contributed by atoms with E-state index in [0.29, 0.717) is 21.3 Å². The molecule has 1 N–H and O–H groups in total. The number of halogens is 2. The summed E-state index contributed by atoms with van der Waals surface area (Å²) < 4.78 is 15.7. The van der Waals surface area contributed by atoms with Crippen molar-refractivity contribution in [3.8, 4) is 5.69 Å². The van der Waals surface area contributed by atoms with Crippen LogP contribution in [0.2, 0.25) is 5.02 Å². The minimum Gasteiger partial charge on any atom is -0.269 e. The van der Waals surface area contributed by atoms with Gasteiger partial charge in [-0.1, -0.05) is 18.5 Å². The lowest BCUT2D eigenvalue weighted by atomic mass is 10.2. The highest BCUT2D eigenvalue weighted by Gasteiger charge is 2.12. The quantitative estimate of drug-likeness (QED) is 0.864. The van der Waals surface area contributed by atoms with E-state index in [0.717, 1.165) is 12.8 Å². The van der Waals surface area contributed by atoms with Crippen LogP contribution in [-0.4, -0.2) is 14.8 Å². The molecule has 0 radical (unpaired) electrons. The second kappa shape index (κ2) is 4.98. The lowest BCUT2D eigenvalue weighted by molar-refractivity contribution is 0.613. The largest absolute Gasteiger partial charge is 0.269 e. The Hall–Kier alpha value is -1.20. The molecule has 2 aromatic rings. The fraction of sp³-hybridized carbons (Fsp3) is 0.273. The van der Waals surface area contributed by atoms with Gasteiger partial charge in [0.15, 0.2) is 4.77 Å². The summed E-state index contributed by atoms with van der Waals surface area (Å²) in [6.45, 7) is 2.02. The predicted octanol–water partition coefficient (Wildman–Crippen LogP) is 3.67. The molecule has 0 atom stereocenters. The predicted molar refractivity (Wildman–Crippen MR) is 67.7 cm³/mol. The Morgan fingerprint density at radius 2 is 2.29 bits per heavy atom. The lowest BCUT2D eigenvalue weighted by Crippen LogP contribution is -2.03. The van der Waals surface area contributed by atoms with Gasteiger partial charge in [0.2, 0.25) is 0 Å². The van der Waals surface area contributed by atoms with Crippen LogP contribution in [0.1, 0.15) is 19.2 Å². The maximum atomic E-state index is 13.8. The van der Waals surface area contributed by atoms with E-state index < -0.39 is 0 Å². The van der Waals surface area contributed by atoms with Crippen LogP contribution in [0, 0.1) is 10.6 Å². The van der Waals surface area contributed by atoms with Crippen LogP contribution in [0.15, 0.2) is 18.2 Å². The molecule has 0 saturated carbocycles. The van der Waals surface area contributed by atoms with Crippen molar-refractivity contribution in [1.29, 1.82) is 0 Å². The van der Waals surface area contributed by atoms with Gasteiger partial charge in [-0.3, -0.25) is 9.67 Å². The van der Waals surface area contributed by atoms with Crippen LogP contribution in [0.4, 0.5) is 4.39 Å². The fourth-order valence-electron chi connectivity index (χ4n) is 1.63. The third-order valence-electron chi connectivity index (χ3n) is 2.36. The van der Waals surface area contributed by atoms with E-state index in [4.69, 9.17) is 23.8 Å². The first kappa shape index (κ1) is 12.3. The standard InChI is InChI=1S/C11H11ClFN3S/c1-2-3-10-14-15-11(17)16(10)9-6-7(12)4-5-8(9)13/h4-6H,2-3H2,1H3,(H,15,17). The molecule has 0 fully saturated rings. The zero-order valence-electron chi connectivity index (χ0n) is 9.20. The summed E-state index contributed by atoms with van der Waals surface area (Å²) in [6.07, 6.45) is 1.63. The highest BCUT2D eigenvalue weighted by Crippen LogP contribution is 2.20. The molecule has 1 aromatic heterocycles. The molecule has 0 spiro atoms. The topological polar surface area (TPSA) is 33.6 Å². The zero-order chi connectivity index (χ0) is 12.4. The molecule has 17 heavy (non-hydrogen) atoms. The number of hydrogen-bond donors (Lipinski definition) is 1. The number of aromatic nitrogens is 3. The van der Waals surface area contributed by atoms with Crippen LogP contribution in [-0.2, 0) is 6.42 Å². The van der Waals surface area contributed by atoms with Gasteiger partial charge >= 0.3 is 0 Å². The second-order valence-electron chi connectivity index (χ2n) is 3.63. The van der Waals surface area contributed by atoms with E-state index in [1.54, 1.807) is 10.6 Å². The Kier molecular flexibility index (Phi) is 3.59. The first-order valence-corrected chi connectivity index (χ1v) is 6.04. The van der Waals surface area contributed by atoms with Gasteiger partial charge in [-0.15, -0.1) is 0 Å². The second-order valence-corrected chi connectivity index (χ2v) is 4.45. The summed E-state index contributed by atoms with van der Waals surface area (Å²) >= 11 is 11.0. The van der Waals surface area contributed by atoms with E-state index in [2.05, 4.69) is 10.2 Å². The van der Waals surface area contributed by atoms with Gasteiger partial charge in [-0.25, -0.2) is 4.39 Å². The Balaban J connectivity index is 2.63. The van der Waals surface area contributed by atoms with E-state index in [1.807, 2.05) is 6.92 Å². The normalized spacial score (nSPS) is 10.8.